The minimum atomic E-state index is -0.546. The molecule has 0 unspecified atom stereocenters. The van der Waals surface area contributed by atoms with E-state index < -0.39 is 11.6 Å². The lowest BCUT2D eigenvalue weighted by Gasteiger charge is -2.19. The van der Waals surface area contributed by atoms with E-state index >= 15 is 0 Å². The Kier molecular flexibility index (Phi) is 5.24. The van der Waals surface area contributed by atoms with Crippen LogP contribution in [-0.4, -0.2) is 39.0 Å². The highest BCUT2D eigenvalue weighted by atomic mass is 16.6. The van der Waals surface area contributed by atoms with Gasteiger partial charge in [-0.1, -0.05) is 19.1 Å². The number of hydrogen-bond acceptors (Lipinski definition) is 5. The number of ether oxygens (including phenoxy) is 1. The Morgan fingerprint density at radius 3 is 2.60 bits per heavy atom. The second kappa shape index (κ2) is 6.49. The number of rotatable bonds is 5. The van der Waals surface area contributed by atoms with Crippen LogP contribution < -0.4 is 5.32 Å². The molecule has 1 aromatic heterocycles. The molecule has 0 aliphatic carbocycles. The third-order valence-electron chi connectivity index (χ3n) is 2.15. The van der Waals surface area contributed by atoms with Crippen LogP contribution in [0.15, 0.2) is 6.20 Å². The van der Waals surface area contributed by atoms with Gasteiger partial charge in [0.15, 0.2) is 5.69 Å². The molecule has 0 bridgehead atoms. The van der Waals surface area contributed by atoms with Crippen molar-refractivity contribution in [1.29, 1.82) is 0 Å². The standard InChI is InChI=1S/C13H22N4O3/c1-9(2)6-14-12(19)10-7-17(16-15-10)8-11(18)20-13(3,4)5/h7,9H,6,8H2,1-5H3,(H,14,19). The quantitative estimate of drug-likeness (QED) is 0.814. The Balaban J connectivity index is 2.55. The fraction of sp³-hybridized carbons (Fsp3) is 0.692. The number of hydrogen-bond donors (Lipinski definition) is 1. The van der Waals surface area contributed by atoms with Crippen molar-refractivity contribution in [1.82, 2.24) is 20.3 Å². The molecular formula is C13H22N4O3. The highest BCUT2D eigenvalue weighted by Gasteiger charge is 2.18. The molecule has 1 rings (SSSR count). The van der Waals surface area contributed by atoms with E-state index in [2.05, 4.69) is 15.6 Å². The third-order valence-corrected chi connectivity index (χ3v) is 2.15. The van der Waals surface area contributed by atoms with E-state index in [1.54, 1.807) is 20.8 Å². The molecule has 0 fully saturated rings. The first-order chi connectivity index (χ1) is 9.17. The van der Waals surface area contributed by atoms with Gasteiger partial charge in [0.25, 0.3) is 5.91 Å². The van der Waals surface area contributed by atoms with Crippen LogP contribution in [0.5, 0.6) is 0 Å². The average molecular weight is 282 g/mol. The summed E-state index contributed by atoms with van der Waals surface area (Å²) >= 11 is 0. The predicted molar refractivity (Wildman–Crippen MR) is 73.0 cm³/mol. The van der Waals surface area contributed by atoms with Gasteiger partial charge in [-0.05, 0) is 26.7 Å². The Labute approximate surface area is 118 Å². The lowest BCUT2D eigenvalue weighted by atomic mass is 10.2. The number of nitrogens with one attached hydrogen (secondary N) is 1. The molecular weight excluding hydrogens is 260 g/mol. The van der Waals surface area contributed by atoms with Gasteiger partial charge in [0, 0.05) is 6.54 Å². The minimum absolute atomic E-state index is 0.0677. The summed E-state index contributed by atoms with van der Waals surface area (Å²) in [6.07, 6.45) is 1.43. The molecule has 0 aliphatic heterocycles. The van der Waals surface area contributed by atoms with Crippen LogP contribution >= 0.6 is 0 Å². The summed E-state index contributed by atoms with van der Waals surface area (Å²) in [6.45, 7) is 9.86. The van der Waals surface area contributed by atoms with Gasteiger partial charge in [0.2, 0.25) is 0 Å². The van der Waals surface area contributed by atoms with Crippen molar-refractivity contribution in [3.8, 4) is 0 Å². The number of carbonyl (C=O) groups excluding carboxylic acids is 2. The van der Waals surface area contributed by atoms with Gasteiger partial charge in [-0.25, -0.2) is 4.68 Å². The number of esters is 1. The predicted octanol–water partition coefficient (Wildman–Crippen LogP) is 1.01. The zero-order chi connectivity index (χ0) is 15.3. The van der Waals surface area contributed by atoms with E-state index in [1.165, 1.54) is 10.9 Å². The molecule has 0 radical (unpaired) electrons. The van der Waals surface area contributed by atoms with Crippen molar-refractivity contribution in [2.75, 3.05) is 6.54 Å². The topological polar surface area (TPSA) is 86.1 Å². The van der Waals surface area contributed by atoms with E-state index in [0.717, 1.165) is 0 Å². The third kappa shape index (κ3) is 5.81. The zero-order valence-electron chi connectivity index (χ0n) is 12.6. The van der Waals surface area contributed by atoms with E-state index in [4.69, 9.17) is 4.74 Å². The maximum atomic E-state index is 11.7. The molecule has 0 aromatic carbocycles. The van der Waals surface area contributed by atoms with Crippen LogP contribution in [0.4, 0.5) is 0 Å². The van der Waals surface area contributed by atoms with E-state index in [1.807, 2.05) is 13.8 Å². The van der Waals surface area contributed by atoms with Gasteiger partial charge in [0.1, 0.15) is 12.1 Å². The fourth-order valence-electron chi connectivity index (χ4n) is 1.37. The smallest absolute Gasteiger partial charge is 0.328 e. The molecule has 20 heavy (non-hydrogen) atoms. The molecule has 0 aliphatic rings. The summed E-state index contributed by atoms with van der Waals surface area (Å²) in [4.78, 5) is 23.3. The molecule has 1 amide bonds. The number of nitrogens with zero attached hydrogens (tertiary/aromatic N) is 3. The summed E-state index contributed by atoms with van der Waals surface area (Å²) in [7, 11) is 0. The van der Waals surface area contributed by atoms with Crippen molar-refractivity contribution >= 4 is 11.9 Å². The average Bonchev–Trinajstić information content (AvgIpc) is 2.71. The summed E-state index contributed by atoms with van der Waals surface area (Å²) in [5.41, 5.74) is -0.357. The number of aromatic nitrogens is 3. The monoisotopic (exact) mass is 282 g/mol. The Morgan fingerprint density at radius 1 is 1.40 bits per heavy atom. The van der Waals surface area contributed by atoms with E-state index in [9.17, 15) is 9.59 Å². The van der Waals surface area contributed by atoms with Crippen LogP contribution in [0.3, 0.4) is 0 Å². The lowest BCUT2D eigenvalue weighted by Crippen LogP contribution is -2.27. The maximum absolute atomic E-state index is 11.7. The largest absolute Gasteiger partial charge is 0.459 e. The number of amides is 1. The van der Waals surface area contributed by atoms with Crippen LogP contribution in [0.2, 0.25) is 0 Å². The Bertz CT molecular complexity index is 474. The van der Waals surface area contributed by atoms with Crippen LogP contribution in [0.25, 0.3) is 0 Å². The van der Waals surface area contributed by atoms with Crippen LogP contribution in [-0.2, 0) is 16.1 Å². The molecule has 0 saturated heterocycles. The highest BCUT2D eigenvalue weighted by Crippen LogP contribution is 2.07. The summed E-state index contributed by atoms with van der Waals surface area (Å²) < 4.78 is 6.45. The van der Waals surface area contributed by atoms with Crippen molar-refractivity contribution in [2.24, 2.45) is 5.92 Å². The van der Waals surface area contributed by atoms with Crippen molar-refractivity contribution in [3.05, 3.63) is 11.9 Å². The molecule has 7 nitrogen and oxygen atoms in total. The SMILES string of the molecule is CC(C)CNC(=O)c1cn(CC(=O)OC(C)(C)C)nn1. The Hall–Kier alpha value is -1.92. The normalized spacial score (nSPS) is 11.5. The maximum Gasteiger partial charge on any atom is 0.328 e. The van der Waals surface area contributed by atoms with E-state index in [0.29, 0.717) is 12.5 Å². The summed E-state index contributed by atoms with van der Waals surface area (Å²) in [5, 5.41) is 10.2. The van der Waals surface area contributed by atoms with Gasteiger partial charge in [-0.15, -0.1) is 5.10 Å². The molecule has 0 atom stereocenters. The van der Waals surface area contributed by atoms with Crippen molar-refractivity contribution in [3.63, 3.8) is 0 Å². The minimum Gasteiger partial charge on any atom is -0.459 e. The lowest BCUT2D eigenvalue weighted by molar-refractivity contribution is -0.155. The Morgan fingerprint density at radius 2 is 2.05 bits per heavy atom. The van der Waals surface area contributed by atoms with Gasteiger partial charge in [-0.2, -0.15) is 0 Å². The second-order valence-corrected chi connectivity index (χ2v) is 5.99. The molecule has 112 valence electrons. The molecule has 7 heteroatoms. The first kappa shape index (κ1) is 16.1. The molecule has 1 N–H and O–H groups in total. The van der Waals surface area contributed by atoms with Gasteiger partial charge >= 0.3 is 5.97 Å². The zero-order valence-corrected chi connectivity index (χ0v) is 12.6. The summed E-state index contributed by atoms with van der Waals surface area (Å²) in [6, 6.07) is 0. The van der Waals surface area contributed by atoms with Gasteiger partial charge in [0.05, 0.1) is 6.20 Å². The van der Waals surface area contributed by atoms with E-state index in [-0.39, 0.29) is 18.1 Å². The van der Waals surface area contributed by atoms with Crippen LogP contribution in [0, 0.1) is 5.92 Å². The van der Waals surface area contributed by atoms with Crippen molar-refractivity contribution < 1.29 is 14.3 Å². The van der Waals surface area contributed by atoms with Gasteiger partial charge in [-0.3, -0.25) is 9.59 Å². The summed E-state index contributed by atoms with van der Waals surface area (Å²) in [5.74, 6) is -0.360. The first-order valence-electron chi connectivity index (χ1n) is 6.57. The second-order valence-electron chi connectivity index (χ2n) is 5.99. The highest BCUT2D eigenvalue weighted by molar-refractivity contribution is 5.91. The molecule has 1 heterocycles. The molecule has 0 spiro atoms. The molecule has 0 saturated carbocycles. The van der Waals surface area contributed by atoms with Crippen molar-refractivity contribution in [2.45, 2.75) is 46.8 Å². The number of carbonyl (C=O) groups is 2. The first-order valence-corrected chi connectivity index (χ1v) is 6.57. The fourth-order valence-corrected chi connectivity index (χ4v) is 1.37. The molecule has 1 aromatic rings. The van der Waals surface area contributed by atoms with Crippen LogP contribution in [0.1, 0.15) is 45.1 Å². The van der Waals surface area contributed by atoms with Gasteiger partial charge < -0.3 is 10.1 Å².